The van der Waals surface area contributed by atoms with Crippen molar-refractivity contribution in [3.63, 3.8) is 0 Å². The van der Waals surface area contributed by atoms with Crippen LogP contribution < -0.4 is 0 Å². The lowest BCUT2D eigenvalue weighted by atomic mass is 9.83. The Labute approximate surface area is 162 Å². The number of thioether (sulfide) groups is 1. The van der Waals surface area contributed by atoms with Crippen LogP contribution in [-0.2, 0) is 4.79 Å². The average molecular weight is 375 g/mol. The van der Waals surface area contributed by atoms with Crippen molar-refractivity contribution in [3.8, 4) is 0 Å². The molecule has 2 heterocycles. The Morgan fingerprint density at radius 1 is 1.08 bits per heavy atom. The first-order valence-electron chi connectivity index (χ1n) is 11.2. The maximum absolute atomic E-state index is 12.9. The van der Waals surface area contributed by atoms with Crippen LogP contribution in [0.3, 0.4) is 0 Å². The predicted molar refractivity (Wildman–Crippen MR) is 109 cm³/mol. The van der Waals surface area contributed by atoms with Crippen LogP contribution in [0.4, 0.5) is 0 Å². The van der Waals surface area contributed by atoms with Gasteiger partial charge in [-0.1, -0.05) is 31.0 Å². The van der Waals surface area contributed by atoms with Crippen molar-refractivity contribution < 1.29 is 4.79 Å². The molecule has 0 spiro atoms. The average Bonchev–Trinajstić information content (AvgIpc) is 3.42. The van der Waals surface area contributed by atoms with E-state index >= 15 is 0 Å². The van der Waals surface area contributed by atoms with Crippen molar-refractivity contribution in [1.29, 1.82) is 0 Å². The number of amides is 1. The molecule has 3 nitrogen and oxygen atoms in total. The lowest BCUT2D eigenvalue weighted by Crippen LogP contribution is -2.47. The summed E-state index contributed by atoms with van der Waals surface area (Å²) in [6.07, 6.45) is 14.8. The van der Waals surface area contributed by atoms with Crippen molar-refractivity contribution in [2.45, 2.75) is 88.3 Å². The zero-order valence-corrected chi connectivity index (χ0v) is 17.1. The van der Waals surface area contributed by atoms with Crippen molar-refractivity contribution in [2.24, 2.45) is 28.7 Å². The van der Waals surface area contributed by atoms with E-state index in [1.54, 1.807) is 0 Å². The monoisotopic (exact) mass is 374 g/mol. The Morgan fingerprint density at radius 3 is 2.50 bits per heavy atom. The van der Waals surface area contributed by atoms with Crippen LogP contribution in [0.25, 0.3) is 0 Å². The molecule has 5 rings (SSSR count). The number of rotatable bonds is 4. The van der Waals surface area contributed by atoms with Crippen LogP contribution in [0.5, 0.6) is 0 Å². The molecular formula is C22H34N2OS. The molecule has 0 N–H and O–H groups in total. The second-order valence-electron chi connectivity index (χ2n) is 9.91. The molecule has 0 aromatic heterocycles. The van der Waals surface area contributed by atoms with Gasteiger partial charge < -0.3 is 4.90 Å². The van der Waals surface area contributed by atoms with Crippen molar-refractivity contribution in [3.05, 3.63) is 0 Å². The van der Waals surface area contributed by atoms with Gasteiger partial charge in [-0.25, -0.2) is 4.99 Å². The fraction of sp³-hybridized carbons (Fsp3) is 0.909. The normalized spacial score (nSPS) is 42.1. The standard InChI is InChI=1S/C22H34N2OS/c1-22(18-8-10-24(11-9-18)19-4-2-3-5-19)21(25)23-20(26-22)14-17-13-15-6-7-16(17)12-15/h15-19H,2-14H2,1H3/t15-,16+,17-,22?/m1/s1. The summed E-state index contributed by atoms with van der Waals surface area (Å²) < 4.78 is -0.269. The molecule has 2 bridgehead atoms. The fourth-order valence-electron chi connectivity index (χ4n) is 6.82. The number of likely N-dealkylation sites (tertiary alicyclic amines) is 1. The summed E-state index contributed by atoms with van der Waals surface area (Å²) in [5.74, 6) is 3.43. The number of hydrogen-bond acceptors (Lipinski definition) is 3. The Bertz CT molecular complexity index is 591. The molecule has 1 saturated heterocycles. The Morgan fingerprint density at radius 2 is 1.85 bits per heavy atom. The van der Waals surface area contributed by atoms with Gasteiger partial charge in [-0.15, -0.1) is 0 Å². The first-order valence-corrected chi connectivity index (χ1v) is 12.0. The zero-order valence-electron chi connectivity index (χ0n) is 16.3. The van der Waals surface area contributed by atoms with Crippen LogP contribution in [0.2, 0.25) is 0 Å². The molecule has 4 fully saturated rings. The number of aliphatic imine (C=N–C) groups is 1. The number of hydrogen-bond donors (Lipinski definition) is 0. The topological polar surface area (TPSA) is 32.7 Å². The molecule has 26 heavy (non-hydrogen) atoms. The van der Waals surface area contributed by atoms with Crippen LogP contribution >= 0.6 is 11.8 Å². The summed E-state index contributed by atoms with van der Waals surface area (Å²) >= 11 is 1.86. The molecule has 1 amide bonds. The van der Waals surface area contributed by atoms with E-state index in [-0.39, 0.29) is 10.7 Å². The number of carbonyl (C=O) groups excluding carboxylic acids is 1. The second-order valence-corrected chi connectivity index (χ2v) is 11.4. The third-order valence-electron chi connectivity index (χ3n) is 8.45. The fourth-order valence-corrected chi connectivity index (χ4v) is 8.27. The molecule has 0 radical (unpaired) electrons. The second kappa shape index (κ2) is 6.92. The van der Waals surface area contributed by atoms with E-state index in [0.29, 0.717) is 5.92 Å². The van der Waals surface area contributed by atoms with Crippen LogP contribution in [0.1, 0.15) is 77.6 Å². The van der Waals surface area contributed by atoms with E-state index in [1.165, 1.54) is 82.3 Å². The van der Waals surface area contributed by atoms with Crippen molar-refractivity contribution in [2.75, 3.05) is 13.1 Å². The smallest absolute Gasteiger partial charge is 0.263 e. The molecule has 3 saturated carbocycles. The quantitative estimate of drug-likeness (QED) is 0.702. The number of piperidine rings is 1. The third kappa shape index (κ3) is 3.09. The molecule has 0 aromatic rings. The summed E-state index contributed by atoms with van der Waals surface area (Å²) in [6, 6.07) is 0.834. The highest BCUT2D eigenvalue weighted by Gasteiger charge is 2.49. The van der Waals surface area contributed by atoms with Gasteiger partial charge in [0.05, 0.1) is 5.04 Å². The first kappa shape index (κ1) is 17.7. The van der Waals surface area contributed by atoms with E-state index < -0.39 is 0 Å². The van der Waals surface area contributed by atoms with E-state index in [4.69, 9.17) is 0 Å². The van der Waals surface area contributed by atoms with Gasteiger partial charge in [0.1, 0.15) is 4.75 Å². The molecule has 4 atom stereocenters. The van der Waals surface area contributed by atoms with Crippen molar-refractivity contribution >= 4 is 22.7 Å². The molecule has 0 aromatic carbocycles. The summed E-state index contributed by atoms with van der Waals surface area (Å²) in [5.41, 5.74) is 0. The summed E-state index contributed by atoms with van der Waals surface area (Å²) in [5, 5.41) is 1.17. The molecular weight excluding hydrogens is 340 g/mol. The minimum atomic E-state index is -0.269. The molecule has 2 aliphatic heterocycles. The molecule has 5 aliphatic rings. The van der Waals surface area contributed by atoms with Crippen LogP contribution in [0, 0.1) is 23.7 Å². The van der Waals surface area contributed by atoms with Gasteiger partial charge in [0, 0.05) is 6.04 Å². The Balaban J connectivity index is 1.18. The highest BCUT2D eigenvalue weighted by Crippen LogP contribution is 2.52. The zero-order chi connectivity index (χ0) is 17.7. The third-order valence-corrected chi connectivity index (χ3v) is 9.88. The number of carbonyl (C=O) groups is 1. The highest BCUT2D eigenvalue weighted by molar-refractivity contribution is 8.16. The SMILES string of the molecule is CC1(C2CCN(C3CCCC3)CC2)SC(C[C@H]2C[C@@H]3CC[C@H]2C3)=NC1=O. The van der Waals surface area contributed by atoms with Crippen LogP contribution in [-0.4, -0.2) is 39.7 Å². The number of nitrogens with zero attached hydrogens (tertiary/aromatic N) is 2. The minimum absolute atomic E-state index is 0.181. The summed E-state index contributed by atoms with van der Waals surface area (Å²) in [4.78, 5) is 20.2. The van der Waals surface area contributed by atoms with E-state index in [1.807, 2.05) is 11.8 Å². The van der Waals surface area contributed by atoms with Gasteiger partial charge in [0.15, 0.2) is 0 Å². The van der Waals surface area contributed by atoms with Gasteiger partial charge in [-0.05, 0) is 95.1 Å². The summed E-state index contributed by atoms with van der Waals surface area (Å²) in [7, 11) is 0. The van der Waals surface area contributed by atoms with Gasteiger partial charge >= 0.3 is 0 Å². The maximum Gasteiger partial charge on any atom is 0.263 e. The van der Waals surface area contributed by atoms with Crippen molar-refractivity contribution in [1.82, 2.24) is 4.90 Å². The van der Waals surface area contributed by atoms with Gasteiger partial charge in [-0.2, -0.15) is 0 Å². The highest BCUT2D eigenvalue weighted by atomic mass is 32.2. The summed E-state index contributed by atoms with van der Waals surface area (Å²) in [6.45, 7) is 4.59. The van der Waals surface area contributed by atoms with E-state index in [9.17, 15) is 4.79 Å². The minimum Gasteiger partial charge on any atom is -0.300 e. The van der Waals surface area contributed by atoms with Gasteiger partial charge in [0.25, 0.3) is 5.91 Å². The lowest BCUT2D eigenvalue weighted by molar-refractivity contribution is -0.121. The number of fused-ring (bicyclic) bond motifs is 2. The lowest BCUT2D eigenvalue weighted by Gasteiger charge is -2.40. The first-order chi connectivity index (χ1) is 12.6. The van der Waals surface area contributed by atoms with E-state index in [2.05, 4.69) is 16.8 Å². The molecule has 144 valence electrons. The molecule has 4 heteroatoms. The van der Waals surface area contributed by atoms with Gasteiger partial charge in [-0.3, -0.25) is 4.79 Å². The van der Waals surface area contributed by atoms with E-state index in [0.717, 1.165) is 30.2 Å². The predicted octanol–water partition coefficient (Wildman–Crippen LogP) is 4.90. The van der Waals surface area contributed by atoms with Gasteiger partial charge in [0.2, 0.25) is 0 Å². The van der Waals surface area contributed by atoms with Crippen LogP contribution in [0.15, 0.2) is 4.99 Å². The molecule has 1 unspecified atom stereocenters. The molecule has 3 aliphatic carbocycles. The largest absolute Gasteiger partial charge is 0.300 e. The maximum atomic E-state index is 12.9. The Kier molecular flexibility index (Phi) is 4.72. The Hall–Kier alpha value is -0.350.